The summed E-state index contributed by atoms with van der Waals surface area (Å²) in [7, 11) is 0. The molecule has 0 spiro atoms. The minimum absolute atomic E-state index is 0.0263. The molecule has 4 rings (SSSR count). The number of nitrogens with zero attached hydrogens (tertiary/aromatic N) is 3. The van der Waals surface area contributed by atoms with E-state index in [2.05, 4.69) is 34.6 Å². The molecule has 152 valence electrons. The molecule has 3 atom stereocenters. The van der Waals surface area contributed by atoms with Gasteiger partial charge in [-0.1, -0.05) is 47.7 Å². The molecule has 0 saturated carbocycles. The Bertz CT molecular complexity index is 895. The van der Waals surface area contributed by atoms with Crippen LogP contribution in [0.2, 0.25) is 0 Å². The van der Waals surface area contributed by atoms with Crippen molar-refractivity contribution in [1.29, 1.82) is 0 Å². The lowest BCUT2D eigenvalue weighted by atomic mass is 9.98. The van der Waals surface area contributed by atoms with Gasteiger partial charge in [-0.25, -0.2) is 4.68 Å². The largest absolute Gasteiger partial charge is 0.484 e. The van der Waals surface area contributed by atoms with E-state index >= 15 is 0 Å². The molecule has 0 amide bonds. The molecule has 2 aromatic carbocycles. The SMILES string of the molecule is CC(Oc1ccc(CO)cc1)c1cn(CC2CCCC(c3ccccc3)O2)nn1. The summed E-state index contributed by atoms with van der Waals surface area (Å²) in [6.45, 7) is 2.67. The number of ether oxygens (including phenoxy) is 2. The quantitative estimate of drug-likeness (QED) is 0.651. The molecule has 1 aromatic heterocycles. The highest BCUT2D eigenvalue weighted by Gasteiger charge is 2.24. The summed E-state index contributed by atoms with van der Waals surface area (Å²) in [4.78, 5) is 0. The molecule has 1 fully saturated rings. The number of aliphatic hydroxyl groups is 1. The molecule has 1 N–H and O–H groups in total. The van der Waals surface area contributed by atoms with Crippen molar-refractivity contribution in [2.24, 2.45) is 0 Å². The van der Waals surface area contributed by atoms with Gasteiger partial charge in [-0.05, 0) is 49.4 Å². The highest BCUT2D eigenvalue weighted by Crippen LogP contribution is 2.31. The molecular weight excluding hydrogens is 366 g/mol. The number of aliphatic hydroxyl groups excluding tert-OH is 1. The van der Waals surface area contributed by atoms with E-state index in [-0.39, 0.29) is 24.9 Å². The fourth-order valence-electron chi connectivity index (χ4n) is 3.68. The van der Waals surface area contributed by atoms with Crippen molar-refractivity contribution in [3.8, 4) is 5.75 Å². The van der Waals surface area contributed by atoms with Crippen LogP contribution < -0.4 is 4.74 Å². The Kier molecular flexibility index (Phi) is 6.22. The predicted molar refractivity (Wildman–Crippen MR) is 109 cm³/mol. The molecule has 0 radical (unpaired) electrons. The molecule has 6 nitrogen and oxygen atoms in total. The maximum Gasteiger partial charge on any atom is 0.141 e. The standard InChI is InChI=1S/C23H27N3O3/c1-17(28-20-12-10-18(16-27)11-13-20)22-15-26(25-24-22)14-21-8-5-9-23(29-21)19-6-3-2-4-7-19/h2-4,6-7,10-13,15,17,21,23,27H,5,8-9,14,16H2,1H3. The van der Waals surface area contributed by atoms with Crippen molar-refractivity contribution >= 4 is 0 Å². The summed E-state index contributed by atoms with van der Waals surface area (Å²) in [5.41, 5.74) is 2.88. The van der Waals surface area contributed by atoms with Crippen LogP contribution in [-0.4, -0.2) is 26.2 Å². The number of hydrogen-bond acceptors (Lipinski definition) is 5. The zero-order valence-corrected chi connectivity index (χ0v) is 16.6. The van der Waals surface area contributed by atoms with E-state index in [1.54, 1.807) is 0 Å². The molecule has 1 aliphatic rings. The van der Waals surface area contributed by atoms with E-state index < -0.39 is 0 Å². The minimum Gasteiger partial charge on any atom is -0.484 e. The fourth-order valence-corrected chi connectivity index (χ4v) is 3.68. The van der Waals surface area contributed by atoms with E-state index in [4.69, 9.17) is 14.6 Å². The van der Waals surface area contributed by atoms with Gasteiger partial charge in [0.15, 0.2) is 0 Å². The van der Waals surface area contributed by atoms with Gasteiger partial charge in [-0.3, -0.25) is 0 Å². The molecular formula is C23H27N3O3. The first kappa shape index (κ1) is 19.6. The summed E-state index contributed by atoms with van der Waals surface area (Å²) < 4.78 is 14.1. The van der Waals surface area contributed by atoms with E-state index in [9.17, 15) is 0 Å². The summed E-state index contributed by atoms with van der Waals surface area (Å²) in [6, 6.07) is 17.8. The Balaban J connectivity index is 1.34. The van der Waals surface area contributed by atoms with Crippen molar-refractivity contribution in [2.75, 3.05) is 0 Å². The Morgan fingerprint density at radius 2 is 1.93 bits per heavy atom. The molecule has 0 bridgehead atoms. The highest BCUT2D eigenvalue weighted by atomic mass is 16.5. The smallest absolute Gasteiger partial charge is 0.141 e. The Morgan fingerprint density at radius 1 is 1.14 bits per heavy atom. The Morgan fingerprint density at radius 3 is 2.69 bits per heavy atom. The van der Waals surface area contributed by atoms with Crippen LogP contribution in [-0.2, 0) is 17.9 Å². The lowest BCUT2D eigenvalue weighted by molar-refractivity contribution is -0.0602. The van der Waals surface area contributed by atoms with E-state index in [1.807, 2.05) is 48.1 Å². The second kappa shape index (κ2) is 9.20. The van der Waals surface area contributed by atoms with Crippen LogP contribution in [0.1, 0.15) is 55.2 Å². The van der Waals surface area contributed by atoms with Crippen molar-refractivity contribution < 1.29 is 14.6 Å². The van der Waals surface area contributed by atoms with Crippen LogP contribution in [0.4, 0.5) is 0 Å². The Hall–Kier alpha value is -2.70. The summed E-state index contributed by atoms with van der Waals surface area (Å²) in [5, 5.41) is 17.7. The third-order valence-electron chi connectivity index (χ3n) is 5.30. The first-order valence-electron chi connectivity index (χ1n) is 10.2. The molecule has 1 saturated heterocycles. The van der Waals surface area contributed by atoms with Crippen LogP contribution in [0, 0.1) is 0 Å². The van der Waals surface area contributed by atoms with Crippen LogP contribution in [0.25, 0.3) is 0 Å². The molecule has 1 aliphatic heterocycles. The van der Waals surface area contributed by atoms with E-state index in [0.29, 0.717) is 6.54 Å². The number of aromatic nitrogens is 3. The van der Waals surface area contributed by atoms with Gasteiger partial charge in [-0.2, -0.15) is 0 Å². The maximum atomic E-state index is 9.13. The number of hydrogen-bond donors (Lipinski definition) is 1. The van der Waals surface area contributed by atoms with E-state index in [0.717, 1.165) is 36.3 Å². The highest BCUT2D eigenvalue weighted by molar-refractivity contribution is 5.27. The van der Waals surface area contributed by atoms with Crippen molar-refractivity contribution in [2.45, 2.75) is 57.6 Å². The summed E-state index contributed by atoms with van der Waals surface area (Å²) >= 11 is 0. The van der Waals surface area contributed by atoms with Crippen LogP contribution in [0.3, 0.4) is 0 Å². The molecule has 2 heterocycles. The second-order valence-electron chi connectivity index (χ2n) is 7.52. The minimum atomic E-state index is -0.215. The first-order chi connectivity index (χ1) is 14.2. The van der Waals surface area contributed by atoms with Crippen LogP contribution in [0.5, 0.6) is 5.75 Å². The zero-order valence-electron chi connectivity index (χ0n) is 16.6. The first-order valence-corrected chi connectivity index (χ1v) is 10.2. The van der Waals surface area contributed by atoms with Crippen molar-refractivity contribution in [1.82, 2.24) is 15.0 Å². The molecule has 6 heteroatoms. The topological polar surface area (TPSA) is 69.4 Å². The average molecular weight is 393 g/mol. The van der Waals surface area contributed by atoms with Gasteiger partial charge in [-0.15, -0.1) is 5.10 Å². The van der Waals surface area contributed by atoms with Crippen LogP contribution in [0.15, 0.2) is 60.8 Å². The molecule has 3 unspecified atom stereocenters. The lowest BCUT2D eigenvalue weighted by Gasteiger charge is -2.30. The van der Waals surface area contributed by atoms with Gasteiger partial charge < -0.3 is 14.6 Å². The molecule has 29 heavy (non-hydrogen) atoms. The van der Waals surface area contributed by atoms with E-state index in [1.165, 1.54) is 5.56 Å². The lowest BCUT2D eigenvalue weighted by Crippen LogP contribution is -2.27. The third kappa shape index (κ3) is 5.02. The normalized spacial score (nSPS) is 20.3. The zero-order chi connectivity index (χ0) is 20.1. The average Bonchev–Trinajstić information content (AvgIpc) is 3.24. The van der Waals surface area contributed by atoms with Crippen molar-refractivity contribution in [3.05, 3.63) is 77.6 Å². The van der Waals surface area contributed by atoms with Crippen LogP contribution >= 0.6 is 0 Å². The fraction of sp³-hybridized carbons (Fsp3) is 0.391. The summed E-state index contributed by atoms with van der Waals surface area (Å²) in [5.74, 6) is 0.741. The van der Waals surface area contributed by atoms with Gasteiger partial charge in [0.25, 0.3) is 0 Å². The second-order valence-corrected chi connectivity index (χ2v) is 7.52. The van der Waals surface area contributed by atoms with Gasteiger partial charge in [0.2, 0.25) is 0 Å². The molecule has 3 aromatic rings. The van der Waals surface area contributed by atoms with Crippen molar-refractivity contribution in [3.63, 3.8) is 0 Å². The number of rotatable bonds is 7. The maximum absolute atomic E-state index is 9.13. The third-order valence-corrected chi connectivity index (χ3v) is 5.30. The van der Waals surface area contributed by atoms with Gasteiger partial charge in [0.1, 0.15) is 17.5 Å². The summed E-state index contributed by atoms with van der Waals surface area (Å²) in [6.07, 6.45) is 5.24. The van der Waals surface area contributed by atoms with Gasteiger partial charge in [0.05, 0.1) is 31.6 Å². The monoisotopic (exact) mass is 393 g/mol. The predicted octanol–water partition coefficient (Wildman–Crippen LogP) is 4.22. The Labute approximate surface area is 171 Å². The van der Waals surface area contributed by atoms with Gasteiger partial charge in [0, 0.05) is 0 Å². The number of benzene rings is 2. The molecule has 0 aliphatic carbocycles. The van der Waals surface area contributed by atoms with Gasteiger partial charge >= 0.3 is 0 Å².